The molecule has 0 amide bonds. The van der Waals surface area contributed by atoms with E-state index in [2.05, 4.69) is 0 Å². The van der Waals surface area contributed by atoms with E-state index in [9.17, 15) is 48.3 Å². The first-order chi connectivity index (χ1) is 7.77. The van der Waals surface area contributed by atoms with Gasteiger partial charge in [-0.3, -0.25) is 0 Å². The number of rotatable bonds is 5. The van der Waals surface area contributed by atoms with Crippen molar-refractivity contribution in [1.82, 2.24) is 0 Å². The summed E-state index contributed by atoms with van der Waals surface area (Å²) in [5, 5.41) is 0. The molecule has 1 nitrogen and oxygen atoms in total. The van der Waals surface area contributed by atoms with Gasteiger partial charge in [0.2, 0.25) is 0 Å². The third-order valence-electron chi connectivity index (χ3n) is 1.42. The first-order valence-electron chi connectivity index (χ1n) is 3.58. The van der Waals surface area contributed by atoms with Crippen LogP contribution in [0.5, 0.6) is 0 Å². The van der Waals surface area contributed by atoms with Crippen molar-refractivity contribution in [3.8, 4) is 0 Å². The molecular formula is C6HF11O. The Kier molecular flexibility index (Phi) is 4.47. The van der Waals surface area contributed by atoms with Crippen LogP contribution in [0.25, 0.3) is 0 Å². The minimum Gasteiger partial charge on any atom is -0.397 e. The predicted molar refractivity (Wildman–Crippen MR) is 32.3 cm³/mol. The average Bonchev–Trinajstić information content (AvgIpc) is 2.15. The third-order valence-corrected chi connectivity index (χ3v) is 1.42. The summed E-state index contributed by atoms with van der Waals surface area (Å²) in [6, 6.07) is -3.59. The maximum Gasteiger partial charge on any atom is 0.472 e. The molecule has 18 heavy (non-hydrogen) atoms. The largest absolute Gasteiger partial charge is 0.472 e. The van der Waals surface area contributed by atoms with E-state index < -0.39 is 36.5 Å². The van der Waals surface area contributed by atoms with Crippen molar-refractivity contribution in [2.45, 2.75) is 24.4 Å². The normalized spacial score (nSPS) is 13.8. The van der Waals surface area contributed by atoms with E-state index in [1.807, 2.05) is 4.74 Å². The maximum absolute atomic E-state index is 12.3. The van der Waals surface area contributed by atoms with Gasteiger partial charge in [0.25, 0.3) is 0 Å². The molecule has 0 spiro atoms. The monoisotopic (exact) mass is 298 g/mol. The van der Waals surface area contributed by atoms with Crippen molar-refractivity contribution in [2.75, 3.05) is 0 Å². The van der Waals surface area contributed by atoms with Crippen LogP contribution < -0.4 is 0 Å². The zero-order valence-corrected chi connectivity index (χ0v) is 7.64. The topological polar surface area (TPSA) is 9.23 Å². The Hall–Kier alpha value is -1.23. The lowest BCUT2D eigenvalue weighted by atomic mass is 10.1. The molecule has 0 saturated carbocycles. The van der Waals surface area contributed by atoms with Crippen molar-refractivity contribution in [2.24, 2.45) is 0 Å². The Morgan fingerprint density at radius 3 is 1.50 bits per heavy atom. The van der Waals surface area contributed by atoms with E-state index in [0.29, 0.717) is 0 Å². The lowest BCUT2D eigenvalue weighted by molar-refractivity contribution is -0.408. The standard InChI is InChI=1S/C6HF11O/c7-1(8)2(9)18-6(16,17)5(14,15)4(12,13)3(10)11/h3H. The Morgan fingerprint density at radius 2 is 1.22 bits per heavy atom. The van der Waals surface area contributed by atoms with E-state index in [1.165, 1.54) is 0 Å². The van der Waals surface area contributed by atoms with Crippen LogP contribution in [-0.2, 0) is 4.74 Å². The molecular weight excluding hydrogens is 297 g/mol. The first-order valence-corrected chi connectivity index (χ1v) is 3.58. The second kappa shape index (κ2) is 4.80. The van der Waals surface area contributed by atoms with Crippen LogP contribution in [0.15, 0.2) is 12.1 Å². The molecule has 0 radical (unpaired) electrons. The highest BCUT2D eigenvalue weighted by atomic mass is 19.4. The van der Waals surface area contributed by atoms with Gasteiger partial charge in [-0.2, -0.15) is 39.5 Å². The van der Waals surface area contributed by atoms with Gasteiger partial charge in [0.05, 0.1) is 0 Å². The molecule has 0 saturated heterocycles. The molecule has 0 aromatic rings. The van der Waals surface area contributed by atoms with E-state index in [0.717, 1.165) is 0 Å². The summed E-state index contributed by atoms with van der Waals surface area (Å²) in [5.74, 6) is -13.5. The zero-order chi connectivity index (χ0) is 14.9. The van der Waals surface area contributed by atoms with Gasteiger partial charge in [-0.1, -0.05) is 0 Å². The fourth-order valence-corrected chi connectivity index (χ4v) is 0.546. The minimum absolute atomic E-state index is 1.97. The zero-order valence-electron chi connectivity index (χ0n) is 7.64. The molecule has 0 atom stereocenters. The lowest BCUT2D eigenvalue weighted by Gasteiger charge is -2.30. The second-order valence-electron chi connectivity index (χ2n) is 2.65. The minimum atomic E-state index is -6.92. The van der Waals surface area contributed by atoms with Crippen LogP contribution >= 0.6 is 0 Å². The molecule has 0 unspecified atom stereocenters. The highest BCUT2D eigenvalue weighted by Crippen LogP contribution is 2.49. The predicted octanol–water partition coefficient (Wildman–Crippen LogP) is 4.17. The fourth-order valence-electron chi connectivity index (χ4n) is 0.546. The number of halogens is 11. The van der Waals surface area contributed by atoms with Crippen LogP contribution in [0.2, 0.25) is 0 Å². The van der Waals surface area contributed by atoms with Gasteiger partial charge in [-0.15, -0.1) is 0 Å². The number of hydrogen-bond donors (Lipinski definition) is 0. The van der Waals surface area contributed by atoms with Gasteiger partial charge in [-0.05, 0) is 0 Å². The molecule has 0 aliphatic rings. The highest BCUT2D eigenvalue weighted by molar-refractivity contribution is 4.96. The van der Waals surface area contributed by atoms with Gasteiger partial charge < -0.3 is 4.74 Å². The second-order valence-corrected chi connectivity index (χ2v) is 2.65. The summed E-state index contributed by atoms with van der Waals surface area (Å²) in [6.07, 6.45) is -15.5. The van der Waals surface area contributed by atoms with Gasteiger partial charge in [-0.25, -0.2) is 8.78 Å². The van der Waals surface area contributed by atoms with Crippen molar-refractivity contribution in [1.29, 1.82) is 0 Å². The molecule has 0 N–H and O–H groups in total. The molecule has 12 heteroatoms. The van der Waals surface area contributed by atoms with Crippen LogP contribution in [-0.4, -0.2) is 24.4 Å². The van der Waals surface area contributed by atoms with E-state index in [-0.39, 0.29) is 0 Å². The number of hydrogen-bond acceptors (Lipinski definition) is 1. The molecule has 108 valence electrons. The van der Waals surface area contributed by atoms with Crippen molar-refractivity contribution in [3.05, 3.63) is 12.1 Å². The lowest BCUT2D eigenvalue weighted by Crippen LogP contribution is -2.58. The van der Waals surface area contributed by atoms with Gasteiger partial charge >= 0.3 is 36.5 Å². The maximum atomic E-state index is 12.3. The van der Waals surface area contributed by atoms with E-state index in [1.54, 1.807) is 0 Å². The first kappa shape index (κ1) is 16.8. The van der Waals surface area contributed by atoms with E-state index in [4.69, 9.17) is 0 Å². The van der Waals surface area contributed by atoms with Crippen molar-refractivity contribution >= 4 is 0 Å². The molecule has 0 bridgehead atoms. The van der Waals surface area contributed by atoms with Crippen LogP contribution in [0, 0.1) is 0 Å². The van der Waals surface area contributed by atoms with Crippen LogP contribution in [0.1, 0.15) is 0 Å². The molecule has 0 fully saturated rings. The quantitative estimate of drug-likeness (QED) is 0.547. The SMILES string of the molecule is FC(F)=C(F)OC(F)(F)C(F)(F)C(F)(F)C(F)F. The summed E-state index contributed by atoms with van der Waals surface area (Å²) >= 11 is 0. The molecule has 0 rings (SSSR count). The van der Waals surface area contributed by atoms with Gasteiger partial charge in [0.1, 0.15) is 0 Å². The summed E-state index contributed by atoms with van der Waals surface area (Å²) < 4.78 is 133. The Morgan fingerprint density at radius 1 is 0.833 bits per heavy atom. The molecule has 0 aromatic heterocycles. The summed E-state index contributed by atoms with van der Waals surface area (Å²) in [5.41, 5.74) is 0. The summed E-state index contributed by atoms with van der Waals surface area (Å²) in [4.78, 5) is 0. The van der Waals surface area contributed by atoms with Crippen LogP contribution in [0.4, 0.5) is 48.3 Å². The number of ether oxygens (including phenoxy) is 1. The smallest absolute Gasteiger partial charge is 0.397 e. The summed E-state index contributed by atoms with van der Waals surface area (Å²) in [6.45, 7) is 0. The molecule has 0 aromatic carbocycles. The fraction of sp³-hybridized carbons (Fsp3) is 0.667. The molecule has 0 heterocycles. The molecule has 0 aliphatic carbocycles. The average molecular weight is 298 g/mol. The van der Waals surface area contributed by atoms with Crippen molar-refractivity contribution < 1.29 is 53.0 Å². The molecule has 0 aliphatic heterocycles. The van der Waals surface area contributed by atoms with Gasteiger partial charge in [0, 0.05) is 0 Å². The Labute approximate surface area is 90.8 Å². The highest BCUT2D eigenvalue weighted by Gasteiger charge is 2.78. The Bertz CT molecular complexity index is 328. The van der Waals surface area contributed by atoms with Crippen LogP contribution in [0.3, 0.4) is 0 Å². The van der Waals surface area contributed by atoms with E-state index >= 15 is 0 Å². The Balaban J connectivity index is 5.40. The van der Waals surface area contributed by atoms with Crippen molar-refractivity contribution in [3.63, 3.8) is 0 Å². The third kappa shape index (κ3) is 2.77. The number of alkyl halides is 8. The summed E-state index contributed by atoms with van der Waals surface area (Å²) in [7, 11) is 0. The van der Waals surface area contributed by atoms with Gasteiger partial charge in [0.15, 0.2) is 0 Å².